The molecule has 0 aromatic heterocycles. The number of nitro groups is 1. The number of anilines is 2. The van der Waals surface area contributed by atoms with E-state index in [-0.39, 0.29) is 11.6 Å². The molecule has 1 unspecified atom stereocenters. The zero-order chi connectivity index (χ0) is 28.6. The Labute approximate surface area is 241 Å². The second kappa shape index (κ2) is 10.5. The summed E-state index contributed by atoms with van der Waals surface area (Å²) in [6.45, 7) is 0. The van der Waals surface area contributed by atoms with Gasteiger partial charge >= 0.3 is 0 Å². The third-order valence-electron chi connectivity index (χ3n) is 6.97. The lowest BCUT2D eigenvalue weighted by molar-refractivity contribution is -0.384. The number of nitro benzene ring substituents is 1. The van der Waals surface area contributed by atoms with Crippen molar-refractivity contribution in [3.63, 3.8) is 0 Å². The number of hydrazone groups is 1. The molecule has 6 rings (SSSR count). The minimum atomic E-state index is -1.20. The molecular weight excluding hydrogens is 538 g/mol. The number of likely N-dealkylation sites (N-methyl/N-ethyl adjacent to an activating group) is 1. The van der Waals surface area contributed by atoms with Gasteiger partial charge in [0.05, 0.1) is 17.7 Å². The van der Waals surface area contributed by atoms with Crippen molar-refractivity contribution in [2.24, 2.45) is 5.10 Å². The predicted octanol–water partition coefficient (Wildman–Crippen LogP) is 6.15. The fourth-order valence-corrected chi connectivity index (χ4v) is 6.30. The molecule has 1 atom stereocenters. The average Bonchev–Trinajstić information content (AvgIpc) is 3.50. The number of methoxy groups -OCH3 is 1. The Morgan fingerprint density at radius 1 is 0.878 bits per heavy atom. The van der Waals surface area contributed by atoms with Gasteiger partial charge in [0.25, 0.3) is 16.7 Å². The maximum atomic E-state index is 14.4. The number of thioether (sulfide) groups is 1. The van der Waals surface area contributed by atoms with Crippen molar-refractivity contribution < 1.29 is 14.5 Å². The van der Waals surface area contributed by atoms with Crippen molar-refractivity contribution in [1.29, 1.82) is 0 Å². The van der Waals surface area contributed by atoms with Crippen LogP contribution in [0.1, 0.15) is 11.1 Å². The predicted molar refractivity (Wildman–Crippen MR) is 162 cm³/mol. The number of benzene rings is 4. The van der Waals surface area contributed by atoms with E-state index < -0.39 is 10.0 Å². The smallest absolute Gasteiger partial charge is 0.278 e. The van der Waals surface area contributed by atoms with E-state index in [0.717, 1.165) is 11.1 Å². The van der Waals surface area contributed by atoms with Gasteiger partial charge in [-0.25, -0.2) is 5.01 Å². The molecule has 0 saturated carbocycles. The molecule has 1 saturated heterocycles. The van der Waals surface area contributed by atoms with Gasteiger partial charge in [-0.1, -0.05) is 60.7 Å². The van der Waals surface area contributed by atoms with Crippen molar-refractivity contribution in [1.82, 2.24) is 4.90 Å². The maximum absolute atomic E-state index is 14.4. The summed E-state index contributed by atoms with van der Waals surface area (Å²) in [5, 5.41) is 17.7. The Morgan fingerprint density at radius 2 is 1.49 bits per heavy atom. The summed E-state index contributed by atoms with van der Waals surface area (Å²) < 4.78 is 5.37. The molecule has 204 valence electrons. The van der Waals surface area contributed by atoms with Crippen LogP contribution in [0.15, 0.2) is 120 Å². The number of rotatable bonds is 6. The Morgan fingerprint density at radius 3 is 2.10 bits per heavy atom. The number of nitrogens with zero attached hydrogens (tertiary/aromatic N) is 5. The number of hydrogen-bond donors (Lipinski definition) is 0. The first-order chi connectivity index (χ1) is 19.9. The van der Waals surface area contributed by atoms with Gasteiger partial charge in [-0.15, -0.1) is 0 Å². The summed E-state index contributed by atoms with van der Waals surface area (Å²) in [5.41, 5.74) is 3.43. The Balaban J connectivity index is 1.57. The van der Waals surface area contributed by atoms with Crippen LogP contribution in [0.4, 0.5) is 17.1 Å². The lowest BCUT2D eigenvalue weighted by Gasteiger charge is -2.43. The third-order valence-corrected chi connectivity index (χ3v) is 8.39. The van der Waals surface area contributed by atoms with Crippen LogP contribution < -0.4 is 14.6 Å². The number of carbonyl (C=O) groups excluding carboxylic acids is 1. The van der Waals surface area contributed by atoms with Crippen LogP contribution in [0.5, 0.6) is 5.75 Å². The van der Waals surface area contributed by atoms with Crippen LogP contribution in [-0.2, 0) is 4.79 Å². The Hall–Kier alpha value is -5.09. The fraction of sp³-hybridized carbons (Fsp3) is 0.0968. The summed E-state index contributed by atoms with van der Waals surface area (Å²) in [6, 6.07) is 32.9. The van der Waals surface area contributed by atoms with Crippen molar-refractivity contribution in [3.05, 3.63) is 136 Å². The molecule has 0 aliphatic carbocycles. The van der Waals surface area contributed by atoms with Crippen LogP contribution in [0, 0.1) is 10.1 Å². The van der Waals surface area contributed by atoms with E-state index >= 15 is 0 Å². The van der Waals surface area contributed by atoms with Crippen LogP contribution >= 0.6 is 11.8 Å². The van der Waals surface area contributed by atoms with Crippen LogP contribution in [0.3, 0.4) is 0 Å². The quantitative estimate of drug-likeness (QED) is 0.158. The molecule has 4 aromatic carbocycles. The monoisotopic (exact) mass is 563 g/mol. The van der Waals surface area contributed by atoms with Gasteiger partial charge < -0.3 is 9.64 Å². The van der Waals surface area contributed by atoms with E-state index in [1.165, 1.54) is 23.9 Å². The van der Waals surface area contributed by atoms with Crippen molar-refractivity contribution >= 4 is 45.9 Å². The Bertz CT molecular complexity index is 1660. The largest absolute Gasteiger partial charge is 0.497 e. The van der Waals surface area contributed by atoms with Gasteiger partial charge in [0.2, 0.25) is 0 Å². The summed E-state index contributed by atoms with van der Waals surface area (Å²) >= 11 is 1.43. The summed E-state index contributed by atoms with van der Waals surface area (Å²) in [4.78, 5) is 29.0. The highest BCUT2D eigenvalue weighted by atomic mass is 32.2. The van der Waals surface area contributed by atoms with Gasteiger partial charge in [0.1, 0.15) is 16.5 Å². The molecule has 0 N–H and O–H groups in total. The normalized spacial score (nSPS) is 19.3. The summed E-state index contributed by atoms with van der Waals surface area (Å²) in [7, 11) is 3.46. The van der Waals surface area contributed by atoms with E-state index in [9.17, 15) is 14.9 Å². The van der Waals surface area contributed by atoms with Crippen molar-refractivity contribution in [2.45, 2.75) is 5.12 Å². The molecule has 9 nitrogen and oxygen atoms in total. The molecule has 10 heteroatoms. The maximum Gasteiger partial charge on any atom is 0.278 e. The number of non-ortho nitro benzene ring substituents is 1. The molecule has 1 spiro atoms. The van der Waals surface area contributed by atoms with E-state index in [1.54, 1.807) is 29.2 Å². The second-order valence-electron chi connectivity index (χ2n) is 9.37. The standard InChI is InChI=1S/C31H25N5O4S/c1-33-28(21-22-9-5-3-6-10-22)30(37)34(24-17-19-27(40-2)20-18-24)31(33)35(25-13-15-26(16-14-25)36(38)39)32-29(41-31)23-11-7-4-8-12-23/h3-21H,1-2H3/b28-21+. The fourth-order valence-electron chi connectivity index (χ4n) is 4.92. The van der Waals surface area contributed by atoms with Crippen LogP contribution in [0.25, 0.3) is 6.08 Å². The minimum Gasteiger partial charge on any atom is -0.497 e. The minimum absolute atomic E-state index is 0.0329. The summed E-state index contributed by atoms with van der Waals surface area (Å²) in [6.07, 6.45) is 1.86. The molecular formula is C31H25N5O4S. The number of hydrogen-bond acceptors (Lipinski definition) is 8. The van der Waals surface area contributed by atoms with Crippen molar-refractivity contribution in [2.75, 3.05) is 24.1 Å². The van der Waals surface area contributed by atoms with E-state index in [0.29, 0.717) is 27.9 Å². The highest BCUT2D eigenvalue weighted by Crippen LogP contribution is 2.53. The van der Waals surface area contributed by atoms with Gasteiger partial charge in [0.15, 0.2) is 0 Å². The number of amides is 1. The molecule has 1 fully saturated rings. The van der Waals surface area contributed by atoms with Crippen molar-refractivity contribution in [3.8, 4) is 5.75 Å². The van der Waals surface area contributed by atoms with Gasteiger partial charge in [-0.05, 0) is 59.8 Å². The zero-order valence-electron chi connectivity index (χ0n) is 22.2. The molecule has 0 bridgehead atoms. The molecule has 4 aromatic rings. The second-order valence-corrected chi connectivity index (χ2v) is 10.5. The van der Waals surface area contributed by atoms with E-state index in [2.05, 4.69) is 0 Å². The van der Waals surface area contributed by atoms with Crippen LogP contribution in [-0.4, -0.2) is 40.1 Å². The van der Waals surface area contributed by atoms with E-state index in [1.807, 2.05) is 103 Å². The first-order valence-electron chi connectivity index (χ1n) is 12.8. The molecule has 2 aliphatic heterocycles. The molecule has 0 radical (unpaired) electrons. The number of carbonyl (C=O) groups is 1. The molecule has 1 amide bonds. The summed E-state index contributed by atoms with van der Waals surface area (Å²) in [5.74, 6) is 0.445. The number of ether oxygens (including phenoxy) is 1. The zero-order valence-corrected chi connectivity index (χ0v) is 23.1. The van der Waals surface area contributed by atoms with Gasteiger partial charge in [-0.3, -0.25) is 19.8 Å². The molecule has 2 aliphatic rings. The Kier molecular flexibility index (Phi) is 6.68. The van der Waals surface area contributed by atoms with E-state index in [4.69, 9.17) is 9.84 Å². The van der Waals surface area contributed by atoms with Gasteiger partial charge in [0, 0.05) is 30.4 Å². The first kappa shape index (κ1) is 26.1. The highest BCUT2D eigenvalue weighted by molar-refractivity contribution is 8.16. The van der Waals surface area contributed by atoms with Gasteiger partial charge in [-0.2, -0.15) is 5.10 Å². The molecule has 2 heterocycles. The molecule has 41 heavy (non-hydrogen) atoms. The lowest BCUT2D eigenvalue weighted by atomic mass is 10.2. The highest BCUT2D eigenvalue weighted by Gasteiger charge is 2.62. The SMILES string of the molecule is COc1ccc(N2C(=O)/C(=C\c3ccccc3)N(C)C23SC(c2ccccc2)=NN3c2ccc([N+](=O)[O-])cc2)cc1. The third kappa shape index (κ3) is 4.48. The first-order valence-corrected chi connectivity index (χ1v) is 13.6. The average molecular weight is 564 g/mol. The topological polar surface area (TPSA) is 91.5 Å². The van der Waals surface area contributed by atoms with Crippen LogP contribution in [0.2, 0.25) is 0 Å². The lowest BCUT2D eigenvalue weighted by Crippen LogP contribution is -2.59.